The normalized spacial score (nSPS) is 11.2. The minimum atomic E-state index is -3.81. The Hall–Kier alpha value is -2.11. The molecule has 0 aliphatic heterocycles. The van der Waals surface area contributed by atoms with Crippen LogP contribution in [-0.2, 0) is 8.55 Å². The molecule has 0 aliphatic carbocycles. The van der Waals surface area contributed by atoms with E-state index in [4.69, 9.17) is 4.18 Å². The van der Waals surface area contributed by atoms with E-state index < -0.39 is 8.55 Å². The lowest BCUT2D eigenvalue weighted by Crippen LogP contribution is -2.02. The van der Waals surface area contributed by atoms with Crippen LogP contribution in [-0.4, -0.2) is 8.42 Å². The molecule has 0 atom stereocenters. The molecule has 0 N–H and O–H groups in total. The first-order valence-corrected chi connectivity index (χ1v) is 10.6. The summed E-state index contributed by atoms with van der Waals surface area (Å²) in [5.41, 5.74) is 4.65. The Morgan fingerprint density at radius 1 is 0.750 bits per heavy atom. The van der Waals surface area contributed by atoms with Gasteiger partial charge in [-0.15, -0.1) is 0 Å². The van der Waals surface area contributed by atoms with Crippen LogP contribution in [0.3, 0.4) is 0 Å². The van der Waals surface area contributed by atoms with Crippen molar-refractivity contribution in [2.75, 3.05) is 0 Å². The van der Waals surface area contributed by atoms with Crippen molar-refractivity contribution in [1.82, 2.24) is 0 Å². The summed E-state index contributed by atoms with van der Waals surface area (Å²) in [6.45, 7) is 2.00. The van der Waals surface area contributed by atoms with Gasteiger partial charge in [-0.1, -0.05) is 66.7 Å². The fourth-order valence-corrected chi connectivity index (χ4v) is 3.51. The van der Waals surface area contributed by atoms with Crippen LogP contribution in [0.1, 0.15) is 5.56 Å². The highest BCUT2D eigenvalue weighted by atomic mass is 79.9. The second kappa shape index (κ2) is 6.79. The van der Waals surface area contributed by atoms with Crippen molar-refractivity contribution in [1.29, 1.82) is 0 Å². The maximum atomic E-state index is 11.6. The summed E-state index contributed by atoms with van der Waals surface area (Å²) in [6.07, 6.45) is 0. The van der Waals surface area contributed by atoms with E-state index >= 15 is 0 Å². The number of hydrogen-bond acceptors (Lipinski definition) is 3. The lowest BCUT2D eigenvalue weighted by molar-refractivity contribution is 0.507. The van der Waals surface area contributed by atoms with E-state index in [1.54, 1.807) is 6.07 Å². The van der Waals surface area contributed by atoms with Crippen molar-refractivity contribution in [2.24, 2.45) is 0 Å². The number of hydrogen-bond donors (Lipinski definition) is 0. The quantitative estimate of drug-likeness (QED) is 0.552. The molecule has 0 amide bonds. The van der Waals surface area contributed by atoms with Crippen molar-refractivity contribution in [3.63, 3.8) is 0 Å². The maximum Gasteiger partial charge on any atom is 0.372 e. The topological polar surface area (TPSA) is 43.4 Å². The van der Waals surface area contributed by atoms with Crippen LogP contribution in [0, 0.1) is 6.92 Å². The van der Waals surface area contributed by atoms with Crippen molar-refractivity contribution in [3.05, 3.63) is 78.4 Å². The molecule has 3 rings (SSSR count). The number of aryl methyl sites for hydroxylation is 1. The Kier molecular flexibility index (Phi) is 4.73. The third kappa shape index (κ3) is 3.68. The van der Waals surface area contributed by atoms with E-state index in [0.29, 0.717) is 5.75 Å². The summed E-state index contributed by atoms with van der Waals surface area (Å²) in [5, 5.41) is 0. The van der Waals surface area contributed by atoms with Crippen LogP contribution in [0.25, 0.3) is 22.3 Å². The molecule has 0 radical (unpaired) electrons. The highest BCUT2D eigenvalue weighted by Gasteiger charge is 2.19. The zero-order valence-corrected chi connectivity index (χ0v) is 15.3. The molecule has 0 fully saturated rings. The fourth-order valence-electron chi connectivity index (χ4n) is 2.73. The minimum absolute atomic E-state index is 0.294. The second-order valence-electron chi connectivity index (χ2n) is 5.34. The van der Waals surface area contributed by atoms with Crippen LogP contribution < -0.4 is 4.18 Å². The molecule has 0 spiro atoms. The fraction of sp³-hybridized carbons (Fsp3) is 0.0526. The summed E-state index contributed by atoms with van der Waals surface area (Å²) in [4.78, 5) is 0. The highest BCUT2D eigenvalue weighted by Crippen LogP contribution is 2.42. The van der Waals surface area contributed by atoms with E-state index in [-0.39, 0.29) is 0 Å². The summed E-state index contributed by atoms with van der Waals surface area (Å²) in [5.74, 6) is 0.294. The van der Waals surface area contributed by atoms with Gasteiger partial charge in [0.1, 0.15) is 14.8 Å². The first-order valence-electron chi connectivity index (χ1n) is 7.34. The standard InChI is InChI=1S/C19H15BrO3S/c1-14-12-13-17(23-24(20,21)22)19(16-10-6-3-7-11-16)18(14)15-8-4-2-5-9-15/h2-13H,1H3. The Balaban J connectivity index is 2.34. The molecule has 3 aromatic carbocycles. The summed E-state index contributed by atoms with van der Waals surface area (Å²) >= 11 is 2.57. The van der Waals surface area contributed by atoms with Crippen LogP contribution in [0.2, 0.25) is 0 Å². The Labute approximate surface area is 149 Å². The van der Waals surface area contributed by atoms with Gasteiger partial charge in [0.05, 0.1) is 0 Å². The summed E-state index contributed by atoms with van der Waals surface area (Å²) in [7, 11) is -3.81. The molecule has 3 nitrogen and oxygen atoms in total. The van der Waals surface area contributed by atoms with Gasteiger partial charge in [0, 0.05) is 5.56 Å². The lowest BCUT2D eigenvalue weighted by atomic mass is 9.90. The first kappa shape index (κ1) is 16.7. The molecule has 0 bridgehead atoms. The Morgan fingerprint density at radius 2 is 1.25 bits per heavy atom. The molecule has 5 heteroatoms. The van der Waals surface area contributed by atoms with Gasteiger partial charge in [-0.2, -0.15) is 8.42 Å². The van der Waals surface area contributed by atoms with Crippen molar-refractivity contribution in [3.8, 4) is 28.0 Å². The van der Waals surface area contributed by atoms with Gasteiger partial charge in [-0.3, -0.25) is 0 Å². The largest absolute Gasteiger partial charge is 0.374 e. The predicted molar refractivity (Wildman–Crippen MR) is 101 cm³/mol. The molecule has 0 unspecified atom stereocenters. The molecule has 3 aromatic rings. The van der Waals surface area contributed by atoms with Gasteiger partial charge in [0.15, 0.2) is 5.75 Å². The van der Waals surface area contributed by atoms with Crippen LogP contribution in [0.4, 0.5) is 0 Å². The van der Waals surface area contributed by atoms with Gasteiger partial charge >= 0.3 is 8.55 Å². The van der Waals surface area contributed by atoms with Gasteiger partial charge < -0.3 is 4.18 Å². The Bertz CT molecular complexity index is 953. The van der Waals surface area contributed by atoms with Crippen molar-refractivity contribution in [2.45, 2.75) is 6.92 Å². The van der Waals surface area contributed by atoms with E-state index in [9.17, 15) is 8.42 Å². The molecule has 0 aromatic heterocycles. The minimum Gasteiger partial charge on any atom is -0.374 e. The Morgan fingerprint density at radius 3 is 1.75 bits per heavy atom. The van der Waals surface area contributed by atoms with Gasteiger partial charge in [0.25, 0.3) is 0 Å². The predicted octanol–water partition coefficient (Wildman–Crippen LogP) is 5.35. The third-order valence-corrected chi connectivity index (χ3v) is 4.46. The van der Waals surface area contributed by atoms with Crippen LogP contribution in [0.5, 0.6) is 5.75 Å². The molecule has 0 saturated carbocycles. The van der Waals surface area contributed by atoms with E-state index in [2.05, 4.69) is 14.8 Å². The number of rotatable bonds is 4. The summed E-state index contributed by atoms with van der Waals surface area (Å²) < 4.78 is 28.4. The monoisotopic (exact) mass is 402 g/mol. The number of benzene rings is 3. The summed E-state index contributed by atoms with van der Waals surface area (Å²) in [6, 6.07) is 23.0. The molecule has 0 heterocycles. The van der Waals surface area contributed by atoms with Crippen LogP contribution in [0.15, 0.2) is 72.8 Å². The first-order chi connectivity index (χ1) is 11.5. The van der Waals surface area contributed by atoms with Gasteiger partial charge in [0.2, 0.25) is 0 Å². The number of halogens is 1. The average Bonchev–Trinajstić information content (AvgIpc) is 2.56. The van der Waals surface area contributed by atoms with E-state index in [1.807, 2.05) is 73.7 Å². The average molecular weight is 403 g/mol. The molecule has 122 valence electrons. The maximum absolute atomic E-state index is 11.6. The smallest absolute Gasteiger partial charge is 0.372 e. The van der Waals surface area contributed by atoms with E-state index in [1.165, 1.54) is 0 Å². The zero-order valence-electron chi connectivity index (χ0n) is 12.9. The molecule has 24 heavy (non-hydrogen) atoms. The zero-order chi connectivity index (χ0) is 17.2. The molecular formula is C19H15BrO3S. The van der Waals surface area contributed by atoms with Gasteiger partial charge in [-0.25, -0.2) is 0 Å². The SMILES string of the molecule is Cc1ccc(OS(=O)(=O)Br)c(-c2ccccc2)c1-c1ccccc1. The van der Waals surface area contributed by atoms with Crippen LogP contribution >= 0.6 is 14.8 Å². The van der Waals surface area contributed by atoms with Gasteiger partial charge in [-0.05, 0) is 35.2 Å². The second-order valence-corrected chi connectivity index (χ2v) is 8.67. The highest BCUT2D eigenvalue weighted by molar-refractivity contribution is 9.46. The molecular weight excluding hydrogens is 388 g/mol. The molecule has 0 aliphatic rings. The van der Waals surface area contributed by atoms with Crippen molar-refractivity contribution < 1.29 is 12.6 Å². The third-order valence-electron chi connectivity index (χ3n) is 3.69. The van der Waals surface area contributed by atoms with Crippen molar-refractivity contribution >= 4 is 23.4 Å². The van der Waals surface area contributed by atoms with E-state index in [0.717, 1.165) is 27.8 Å². The lowest BCUT2D eigenvalue weighted by Gasteiger charge is -2.17. The molecule has 0 saturated heterocycles.